The number of rotatable bonds is 27. The predicted octanol–water partition coefficient (Wildman–Crippen LogP) is 6.76. The van der Waals surface area contributed by atoms with Crippen molar-refractivity contribution in [3.8, 4) is 5.75 Å². The van der Waals surface area contributed by atoms with Gasteiger partial charge in [-0.2, -0.15) is 0 Å². The van der Waals surface area contributed by atoms with Crippen molar-refractivity contribution in [3.05, 3.63) is 42.0 Å². The van der Waals surface area contributed by atoms with E-state index >= 15 is 0 Å². The van der Waals surface area contributed by atoms with Gasteiger partial charge < -0.3 is 25.2 Å². The molecule has 3 rings (SSSR count). The Morgan fingerprint density at radius 3 is 2.30 bits per heavy atom. The van der Waals surface area contributed by atoms with E-state index in [-0.39, 0.29) is 43.7 Å². The third-order valence-corrected chi connectivity index (χ3v) is 11.1. The number of aliphatic imine (C=N–C) groups is 1. The molecular formula is C45H71N5O10. The van der Waals surface area contributed by atoms with Crippen LogP contribution in [0.4, 0.5) is 0 Å². The van der Waals surface area contributed by atoms with Crippen molar-refractivity contribution in [2.45, 2.75) is 167 Å². The fourth-order valence-electron chi connectivity index (χ4n) is 7.39. The summed E-state index contributed by atoms with van der Waals surface area (Å²) in [4.78, 5) is 70.2. The Hall–Kier alpha value is -4.50. The number of carbonyl (C=O) groups excluding carboxylic acids is 5. The van der Waals surface area contributed by atoms with Crippen molar-refractivity contribution < 1.29 is 49.0 Å². The molecule has 0 bridgehead atoms. The number of para-hydroxylation sites is 1. The molecule has 0 aromatic heterocycles. The van der Waals surface area contributed by atoms with Crippen molar-refractivity contribution in [1.82, 2.24) is 20.8 Å². The van der Waals surface area contributed by atoms with Crippen LogP contribution in [0.25, 0.3) is 0 Å². The van der Waals surface area contributed by atoms with Crippen LogP contribution in [-0.2, 0) is 33.4 Å². The minimum atomic E-state index is -1.18. The van der Waals surface area contributed by atoms with E-state index in [0.717, 1.165) is 19.3 Å². The first-order valence-corrected chi connectivity index (χ1v) is 22.3. The van der Waals surface area contributed by atoms with Gasteiger partial charge in [-0.05, 0) is 69.4 Å². The SMILES string of the molecule is CCCCCCCCCCCCC/C=C\C(=O)N(O)CCCC[C@H](NC(=O)C1COC(c2ccccc2O)=N1)C(=O)OC(C(C)C)C(C)C(=O)NC1CCCCN(O)C1=O. The second kappa shape index (κ2) is 27.4. The minimum Gasteiger partial charge on any atom is -0.507 e. The molecule has 15 nitrogen and oxygen atoms in total. The third kappa shape index (κ3) is 17.2. The topological polar surface area (TPSA) is 207 Å². The third-order valence-electron chi connectivity index (χ3n) is 11.1. The summed E-state index contributed by atoms with van der Waals surface area (Å²) in [5.41, 5.74) is 0.320. The van der Waals surface area contributed by atoms with Crippen LogP contribution in [0.1, 0.15) is 149 Å². The van der Waals surface area contributed by atoms with E-state index in [4.69, 9.17) is 9.47 Å². The largest absolute Gasteiger partial charge is 0.507 e. The van der Waals surface area contributed by atoms with Crippen molar-refractivity contribution >= 4 is 35.5 Å². The molecule has 1 aromatic rings. The lowest BCUT2D eigenvalue weighted by molar-refractivity contribution is -0.168. The van der Waals surface area contributed by atoms with Crippen molar-refractivity contribution in [3.63, 3.8) is 0 Å². The van der Waals surface area contributed by atoms with Gasteiger partial charge >= 0.3 is 5.97 Å². The van der Waals surface area contributed by atoms with Crippen molar-refractivity contribution in [2.75, 3.05) is 19.7 Å². The van der Waals surface area contributed by atoms with Crippen LogP contribution >= 0.6 is 0 Å². The molecule has 336 valence electrons. The number of unbranched alkanes of at least 4 members (excludes halogenated alkanes) is 12. The molecule has 0 spiro atoms. The monoisotopic (exact) mass is 842 g/mol. The second-order valence-corrected chi connectivity index (χ2v) is 16.5. The first-order valence-electron chi connectivity index (χ1n) is 22.3. The summed E-state index contributed by atoms with van der Waals surface area (Å²) in [7, 11) is 0. The molecule has 15 heteroatoms. The number of ether oxygens (including phenoxy) is 2. The first-order chi connectivity index (χ1) is 28.8. The van der Waals surface area contributed by atoms with Crippen LogP contribution in [0.5, 0.6) is 5.75 Å². The van der Waals surface area contributed by atoms with E-state index < -0.39 is 59.7 Å². The molecule has 5 atom stereocenters. The van der Waals surface area contributed by atoms with Gasteiger partial charge in [-0.25, -0.2) is 19.9 Å². The van der Waals surface area contributed by atoms with Gasteiger partial charge in [0.1, 0.15) is 30.5 Å². The highest BCUT2D eigenvalue weighted by atomic mass is 16.5. The maximum absolute atomic E-state index is 13.9. The van der Waals surface area contributed by atoms with Crippen LogP contribution in [0.2, 0.25) is 0 Å². The molecule has 0 aliphatic carbocycles. The summed E-state index contributed by atoms with van der Waals surface area (Å²) in [5, 5.41) is 37.4. The molecule has 2 heterocycles. The van der Waals surface area contributed by atoms with Gasteiger partial charge in [0.2, 0.25) is 17.7 Å². The number of nitrogens with one attached hydrogen (secondary N) is 2. The predicted molar refractivity (Wildman–Crippen MR) is 227 cm³/mol. The summed E-state index contributed by atoms with van der Waals surface area (Å²) in [5.74, 6) is -4.27. The van der Waals surface area contributed by atoms with Crippen LogP contribution in [-0.4, -0.2) is 105 Å². The lowest BCUT2D eigenvalue weighted by Crippen LogP contribution is -2.51. The Morgan fingerprint density at radius 2 is 1.63 bits per heavy atom. The number of carbonyl (C=O) groups is 5. The van der Waals surface area contributed by atoms with E-state index in [1.807, 2.05) is 0 Å². The number of nitrogens with zero attached hydrogens (tertiary/aromatic N) is 3. The second-order valence-electron chi connectivity index (χ2n) is 16.5. The minimum absolute atomic E-state index is 0.000993. The highest BCUT2D eigenvalue weighted by Gasteiger charge is 2.37. The molecule has 0 radical (unpaired) electrons. The Balaban J connectivity index is 1.55. The van der Waals surface area contributed by atoms with Crippen LogP contribution in [0, 0.1) is 11.8 Å². The van der Waals surface area contributed by atoms with Crippen LogP contribution < -0.4 is 10.6 Å². The highest BCUT2D eigenvalue weighted by Crippen LogP contribution is 2.23. The lowest BCUT2D eigenvalue weighted by atomic mass is 9.93. The maximum Gasteiger partial charge on any atom is 0.328 e. The zero-order chi connectivity index (χ0) is 43.9. The number of hydroxylamine groups is 4. The standard InChI is InChI=1S/C45H71N5O10/c1-5-6-7-8-9-10-11-12-13-14-15-16-17-28-39(52)49(57)29-22-21-26-36(47-42(54)37-31-59-43(48-37)34-24-18-19-27-38(34)51)45(56)60-40(32(2)3)33(4)41(53)46-35-25-20-23-30-50(58)44(35)55/h17-19,24,27-28,32-33,35-37,40,51,57-58H,5-16,20-23,25-26,29-31H2,1-4H3,(H,46,53)(H,47,54)/b28-17-/t33?,35?,36-,37?,40?/m0/s1. The number of amides is 4. The van der Waals surface area contributed by atoms with Gasteiger partial charge in [0.25, 0.3) is 11.8 Å². The molecule has 5 N–H and O–H groups in total. The lowest BCUT2D eigenvalue weighted by Gasteiger charge is -2.30. The molecule has 1 saturated heterocycles. The zero-order valence-corrected chi connectivity index (χ0v) is 36.3. The summed E-state index contributed by atoms with van der Waals surface area (Å²) in [6, 6.07) is 3.30. The molecule has 1 fully saturated rings. The zero-order valence-electron chi connectivity index (χ0n) is 36.3. The average Bonchev–Trinajstić information content (AvgIpc) is 3.67. The van der Waals surface area contributed by atoms with E-state index in [9.17, 15) is 39.5 Å². The van der Waals surface area contributed by atoms with Gasteiger partial charge in [0.15, 0.2) is 6.04 Å². The van der Waals surface area contributed by atoms with Gasteiger partial charge in [-0.3, -0.25) is 29.6 Å². The van der Waals surface area contributed by atoms with Gasteiger partial charge in [0, 0.05) is 19.2 Å². The van der Waals surface area contributed by atoms with Gasteiger partial charge in [-0.1, -0.05) is 110 Å². The molecule has 4 unspecified atom stereocenters. The Kier molecular flexibility index (Phi) is 22.7. The van der Waals surface area contributed by atoms with Gasteiger partial charge in [0.05, 0.1) is 11.5 Å². The number of hydrogen-bond acceptors (Lipinski definition) is 11. The average molecular weight is 842 g/mol. The van der Waals surface area contributed by atoms with E-state index in [1.54, 1.807) is 45.0 Å². The Labute approximate surface area is 356 Å². The molecule has 4 amide bonds. The van der Waals surface area contributed by atoms with E-state index in [0.29, 0.717) is 47.8 Å². The molecule has 2 aliphatic rings. The Morgan fingerprint density at radius 1 is 0.967 bits per heavy atom. The number of aromatic hydroxyl groups is 1. The smallest absolute Gasteiger partial charge is 0.328 e. The fraction of sp³-hybridized carbons (Fsp3) is 0.689. The normalized spacial score (nSPS) is 18.4. The van der Waals surface area contributed by atoms with Gasteiger partial charge in [-0.15, -0.1) is 0 Å². The van der Waals surface area contributed by atoms with Crippen LogP contribution in [0.15, 0.2) is 41.4 Å². The number of phenols is 1. The molecule has 0 saturated carbocycles. The number of esters is 1. The highest BCUT2D eigenvalue weighted by molar-refractivity contribution is 6.00. The number of hydrogen-bond donors (Lipinski definition) is 5. The quantitative estimate of drug-likeness (QED) is 0.0207. The summed E-state index contributed by atoms with van der Waals surface area (Å²) >= 11 is 0. The molecular weight excluding hydrogens is 771 g/mol. The van der Waals surface area contributed by atoms with E-state index in [1.165, 1.54) is 69.9 Å². The van der Waals surface area contributed by atoms with Crippen LogP contribution in [0.3, 0.4) is 0 Å². The molecule has 1 aromatic carbocycles. The summed E-state index contributed by atoms with van der Waals surface area (Å²) in [6.07, 6.45) is 18.9. The number of allylic oxidation sites excluding steroid dienone is 1. The molecule has 2 aliphatic heterocycles. The first kappa shape index (κ1) is 49.9. The van der Waals surface area contributed by atoms with E-state index in [2.05, 4.69) is 22.5 Å². The maximum atomic E-state index is 13.9. The van der Waals surface area contributed by atoms with Crippen molar-refractivity contribution in [2.24, 2.45) is 16.8 Å². The summed E-state index contributed by atoms with van der Waals surface area (Å²) in [6.45, 7) is 7.44. The number of benzene rings is 1. The summed E-state index contributed by atoms with van der Waals surface area (Å²) < 4.78 is 11.5. The Bertz CT molecular complexity index is 1570. The fourth-order valence-corrected chi connectivity index (χ4v) is 7.39. The number of phenolic OH excluding ortho intramolecular Hbond substituents is 1. The molecule has 60 heavy (non-hydrogen) atoms. The van der Waals surface area contributed by atoms with Crippen molar-refractivity contribution in [1.29, 1.82) is 0 Å².